The zero-order chi connectivity index (χ0) is 24.8. The number of carbonyl (C=O) groups is 2. The number of amides is 1. The van der Waals surface area contributed by atoms with Gasteiger partial charge in [-0.2, -0.15) is 0 Å². The van der Waals surface area contributed by atoms with Crippen LogP contribution in [0, 0.1) is 6.92 Å². The van der Waals surface area contributed by atoms with Gasteiger partial charge in [0, 0.05) is 23.4 Å². The fourth-order valence-corrected chi connectivity index (χ4v) is 3.90. The van der Waals surface area contributed by atoms with Gasteiger partial charge in [-0.15, -0.1) is 0 Å². The van der Waals surface area contributed by atoms with Crippen LogP contribution in [0.5, 0.6) is 5.75 Å². The molecule has 0 saturated heterocycles. The Morgan fingerprint density at radius 2 is 1.63 bits per heavy atom. The quantitative estimate of drug-likeness (QED) is 0.377. The highest BCUT2D eigenvalue weighted by atomic mass is 16.5. The highest BCUT2D eigenvalue weighted by molar-refractivity contribution is 5.84. The minimum absolute atomic E-state index is 0.0979. The molecule has 0 saturated carbocycles. The van der Waals surface area contributed by atoms with Crippen LogP contribution < -0.4 is 20.8 Å². The van der Waals surface area contributed by atoms with Crippen LogP contribution in [-0.2, 0) is 22.4 Å². The Hall–Kier alpha value is -4.39. The number of hydrogen-bond acceptors (Lipinski definition) is 6. The van der Waals surface area contributed by atoms with Gasteiger partial charge >= 0.3 is 5.63 Å². The average molecular weight is 471 g/mol. The third-order valence-electron chi connectivity index (χ3n) is 5.75. The van der Waals surface area contributed by atoms with Gasteiger partial charge in [0.15, 0.2) is 6.61 Å². The van der Waals surface area contributed by atoms with E-state index in [-0.39, 0.29) is 6.42 Å². The van der Waals surface area contributed by atoms with Crippen LogP contribution in [0.2, 0.25) is 0 Å². The predicted molar refractivity (Wildman–Crippen MR) is 129 cm³/mol. The number of carbonyl (C=O) groups excluding carboxylic acids is 2. The van der Waals surface area contributed by atoms with E-state index in [1.807, 2.05) is 43.3 Å². The first-order valence-electron chi connectivity index (χ1n) is 11.2. The van der Waals surface area contributed by atoms with Crippen LogP contribution >= 0.6 is 0 Å². The molecule has 0 bridgehead atoms. The number of hydrogen-bond donors (Lipinski definition) is 1. The first-order chi connectivity index (χ1) is 16.9. The summed E-state index contributed by atoms with van der Waals surface area (Å²) in [6.45, 7) is 1.47. The number of ether oxygens (including phenoxy) is 1. The van der Waals surface area contributed by atoms with Gasteiger partial charge in [-0.05, 0) is 42.2 Å². The number of carboxylic acid groups (broad SMARTS) is 1. The smallest absolute Gasteiger partial charge is 0.340 e. The zero-order valence-electron chi connectivity index (χ0n) is 19.2. The van der Waals surface area contributed by atoms with Crippen LogP contribution in [0.25, 0.3) is 11.0 Å². The molecule has 4 aromatic rings. The fourth-order valence-electron chi connectivity index (χ4n) is 3.90. The molecule has 178 valence electrons. The van der Waals surface area contributed by atoms with Crippen molar-refractivity contribution >= 4 is 22.8 Å². The van der Waals surface area contributed by atoms with E-state index >= 15 is 0 Å². The second kappa shape index (κ2) is 10.7. The maximum Gasteiger partial charge on any atom is 0.340 e. The second-order valence-corrected chi connectivity index (χ2v) is 8.23. The molecule has 0 spiro atoms. The van der Waals surface area contributed by atoms with Gasteiger partial charge in [0.1, 0.15) is 11.3 Å². The Morgan fingerprint density at radius 3 is 2.29 bits per heavy atom. The van der Waals surface area contributed by atoms with E-state index in [1.54, 1.807) is 42.5 Å². The SMILES string of the molecule is Cc1c(Cc2ccccc2)c(=O)oc2cc(OCC(=O)N[C@@H](Cc3ccccc3)C(=O)[O-])ccc12. The Morgan fingerprint density at radius 1 is 0.971 bits per heavy atom. The van der Waals surface area contributed by atoms with Crippen LogP contribution in [0.1, 0.15) is 22.3 Å². The van der Waals surface area contributed by atoms with Crippen LogP contribution in [0.3, 0.4) is 0 Å². The number of benzene rings is 3. The maximum absolute atomic E-state index is 12.6. The molecule has 0 radical (unpaired) electrons. The Labute approximate surface area is 202 Å². The molecular formula is C28H24NO6-. The van der Waals surface area contributed by atoms with Crippen molar-refractivity contribution in [2.75, 3.05) is 6.61 Å². The molecule has 1 aromatic heterocycles. The third-order valence-corrected chi connectivity index (χ3v) is 5.75. The maximum atomic E-state index is 12.6. The summed E-state index contributed by atoms with van der Waals surface area (Å²) in [7, 11) is 0. The number of carboxylic acids is 1. The summed E-state index contributed by atoms with van der Waals surface area (Å²) in [6, 6.07) is 22.4. The molecule has 1 heterocycles. The Kier molecular flexibility index (Phi) is 7.26. The van der Waals surface area contributed by atoms with E-state index in [4.69, 9.17) is 9.15 Å². The number of fused-ring (bicyclic) bond motifs is 1. The van der Waals surface area contributed by atoms with Crippen molar-refractivity contribution in [2.24, 2.45) is 0 Å². The van der Waals surface area contributed by atoms with Gasteiger partial charge < -0.3 is 24.4 Å². The average Bonchev–Trinajstić information content (AvgIpc) is 2.86. The minimum atomic E-state index is -1.38. The summed E-state index contributed by atoms with van der Waals surface area (Å²) in [5.41, 5.74) is 3.10. The lowest BCUT2D eigenvalue weighted by Crippen LogP contribution is -2.50. The Balaban J connectivity index is 1.43. The summed E-state index contributed by atoms with van der Waals surface area (Å²) < 4.78 is 11.1. The van der Waals surface area contributed by atoms with Crippen molar-refractivity contribution in [1.29, 1.82) is 0 Å². The molecule has 0 aliphatic carbocycles. The highest BCUT2D eigenvalue weighted by Gasteiger charge is 2.16. The Bertz CT molecular complexity index is 1400. The fraction of sp³-hybridized carbons (Fsp3) is 0.179. The molecule has 1 atom stereocenters. The second-order valence-electron chi connectivity index (χ2n) is 8.23. The van der Waals surface area contributed by atoms with Crippen molar-refractivity contribution in [3.8, 4) is 5.75 Å². The van der Waals surface area contributed by atoms with E-state index in [0.717, 1.165) is 22.1 Å². The first-order valence-corrected chi connectivity index (χ1v) is 11.2. The lowest BCUT2D eigenvalue weighted by molar-refractivity contribution is -0.308. The predicted octanol–water partition coefficient (Wildman–Crippen LogP) is 2.55. The van der Waals surface area contributed by atoms with Gasteiger partial charge in [0.05, 0.1) is 12.0 Å². The normalized spacial score (nSPS) is 11.7. The molecule has 0 fully saturated rings. The van der Waals surface area contributed by atoms with Crippen LogP contribution in [0.4, 0.5) is 0 Å². The van der Waals surface area contributed by atoms with E-state index in [1.165, 1.54) is 0 Å². The van der Waals surface area contributed by atoms with Gasteiger partial charge in [-0.25, -0.2) is 4.79 Å². The standard InChI is InChI=1S/C28H25NO6/c1-18-22-13-12-21(16-25(22)35-28(33)23(18)14-19-8-4-2-5-9-19)34-17-26(30)29-24(27(31)32)15-20-10-6-3-7-11-20/h2-13,16,24H,14-15,17H2,1H3,(H,29,30)(H,31,32)/p-1/t24-/m0/s1. The molecule has 7 heteroatoms. The number of nitrogens with one attached hydrogen (secondary N) is 1. The first kappa shape index (κ1) is 23.8. The van der Waals surface area contributed by atoms with Crippen molar-refractivity contribution in [2.45, 2.75) is 25.8 Å². The molecular weight excluding hydrogens is 446 g/mol. The number of aryl methyl sites for hydroxylation is 1. The van der Waals surface area contributed by atoms with Crippen molar-refractivity contribution in [3.63, 3.8) is 0 Å². The van der Waals surface area contributed by atoms with Crippen molar-refractivity contribution in [1.82, 2.24) is 5.32 Å². The number of aliphatic carboxylic acids is 1. The molecule has 0 aliphatic rings. The highest BCUT2D eigenvalue weighted by Crippen LogP contribution is 2.25. The minimum Gasteiger partial charge on any atom is -0.548 e. The number of rotatable bonds is 9. The molecule has 35 heavy (non-hydrogen) atoms. The summed E-state index contributed by atoms with van der Waals surface area (Å²) in [5, 5.41) is 14.7. The third kappa shape index (κ3) is 5.95. The summed E-state index contributed by atoms with van der Waals surface area (Å²) in [6.07, 6.45) is 0.562. The summed E-state index contributed by atoms with van der Waals surface area (Å²) >= 11 is 0. The van der Waals surface area contributed by atoms with E-state index in [0.29, 0.717) is 23.3 Å². The van der Waals surface area contributed by atoms with Gasteiger partial charge in [-0.3, -0.25) is 4.79 Å². The van der Waals surface area contributed by atoms with E-state index in [2.05, 4.69) is 5.32 Å². The van der Waals surface area contributed by atoms with Crippen molar-refractivity contribution in [3.05, 3.63) is 112 Å². The molecule has 4 rings (SSSR count). The van der Waals surface area contributed by atoms with Crippen molar-refractivity contribution < 1.29 is 23.8 Å². The molecule has 0 unspecified atom stereocenters. The lowest BCUT2D eigenvalue weighted by Gasteiger charge is -2.20. The van der Waals surface area contributed by atoms with Gasteiger partial charge in [-0.1, -0.05) is 60.7 Å². The topological polar surface area (TPSA) is 109 Å². The molecule has 3 aromatic carbocycles. The molecule has 1 amide bonds. The van der Waals surface area contributed by atoms with Crippen LogP contribution in [0.15, 0.2) is 88.1 Å². The van der Waals surface area contributed by atoms with Crippen LogP contribution in [-0.4, -0.2) is 24.5 Å². The zero-order valence-corrected chi connectivity index (χ0v) is 19.2. The van der Waals surface area contributed by atoms with Gasteiger partial charge in [0.25, 0.3) is 5.91 Å². The summed E-state index contributed by atoms with van der Waals surface area (Å²) in [5.74, 6) is -1.67. The summed E-state index contributed by atoms with van der Waals surface area (Å²) in [4.78, 5) is 36.4. The largest absolute Gasteiger partial charge is 0.548 e. The molecule has 7 nitrogen and oxygen atoms in total. The van der Waals surface area contributed by atoms with E-state index in [9.17, 15) is 19.5 Å². The molecule has 0 aliphatic heterocycles. The van der Waals surface area contributed by atoms with E-state index < -0.39 is 30.2 Å². The van der Waals surface area contributed by atoms with Gasteiger partial charge in [0.2, 0.25) is 0 Å². The lowest BCUT2D eigenvalue weighted by atomic mass is 10.00. The monoisotopic (exact) mass is 470 g/mol. The molecule has 1 N–H and O–H groups in total.